The summed E-state index contributed by atoms with van der Waals surface area (Å²) in [4.78, 5) is 11.3. The van der Waals surface area contributed by atoms with Gasteiger partial charge in [0, 0.05) is 0 Å². The summed E-state index contributed by atoms with van der Waals surface area (Å²) < 4.78 is 0. The monoisotopic (exact) mass is 231 g/mol. The third-order valence-electron chi connectivity index (χ3n) is 3.23. The highest BCUT2D eigenvalue weighted by Crippen LogP contribution is 2.24. The van der Waals surface area contributed by atoms with Gasteiger partial charge in [-0.05, 0) is 31.4 Å². The lowest BCUT2D eigenvalue weighted by molar-refractivity contribution is -0.144. The highest BCUT2D eigenvalue weighted by atomic mass is 16.4. The number of carboxylic acid groups (broad SMARTS) is 1. The number of carboxylic acids is 1. The van der Waals surface area contributed by atoms with Gasteiger partial charge in [0.15, 0.2) is 0 Å². The molecule has 0 radical (unpaired) electrons. The zero-order chi connectivity index (χ0) is 12.1. The van der Waals surface area contributed by atoms with Crippen molar-refractivity contribution in [3.8, 4) is 0 Å². The van der Waals surface area contributed by atoms with Gasteiger partial charge in [0.2, 0.25) is 0 Å². The Morgan fingerprint density at radius 3 is 2.76 bits per heavy atom. The van der Waals surface area contributed by atoms with Crippen LogP contribution in [0.1, 0.15) is 24.8 Å². The van der Waals surface area contributed by atoms with Crippen molar-refractivity contribution in [3.63, 3.8) is 0 Å². The van der Waals surface area contributed by atoms with Crippen LogP contribution in [0.4, 0.5) is 0 Å². The van der Waals surface area contributed by atoms with Crippen LogP contribution in [0.2, 0.25) is 0 Å². The van der Waals surface area contributed by atoms with E-state index in [1.165, 1.54) is 0 Å². The lowest BCUT2D eigenvalue weighted by atomic mass is 9.93. The lowest BCUT2D eigenvalue weighted by Crippen LogP contribution is -2.47. The van der Waals surface area contributed by atoms with Gasteiger partial charge in [0.1, 0.15) is 5.54 Å². The summed E-state index contributed by atoms with van der Waals surface area (Å²) in [5, 5.41) is 12.4. The number of benzene rings is 1. The Morgan fingerprint density at radius 1 is 1.41 bits per heavy atom. The maximum Gasteiger partial charge on any atom is 0.324 e. The molecular formula is C14H17NO2. The van der Waals surface area contributed by atoms with E-state index in [9.17, 15) is 9.90 Å². The molecule has 1 heterocycles. The van der Waals surface area contributed by atoms with Gasteiger partial charge in [0.25, 0.3) is 0 Å². The van der Waals surface area contributed by atoms with E-state index in [0.717, 1.165) is 18.5 Å². The lowest BCUT2D eigenvalue weighted by Gasteiger charge is -2.22. The molecule has 3 nitrogen and oxygen atoms in total. The quantitative estimate of drug-likeness (QED) is 0.836. The Labute approximate surface area is 101 Å². The summed E-state index contributed by atoms with van der Waals surface area (Å²) in [6.07, 6.45) is 6.11. The fourth-order valence-corrected chi connectivity index (χ4v) is 2.21. The first-order valence-electron chi connectivity index (χ1n) is 5.93. The number of hydrogen-bond acceptors (Lipinski definition) is 2. The molecule has 17 heavy (non-hydrogen) atoms. The van der Waals surface area contributed by atoms with Crippen molar-refractivity contribution >= 4 is 12.0 Å². The Kier molecular flexibility index (Phi) is 3.59. The number of nitrogens with one attached hydrogen (secondary N) is 1. The van der Waals surface area contributed by atoms with Crippen molar-refractivity contribution in [2.24, 2.45) is 0 Å². The number of hydrogen-bond donors (Lipinski definition) is 2. The van der Waals surface area contributed by atoms with E-state index >= 15 is 0 Å². The van der Waals surface area contributed by atoms with Gasteiger partial charge in [-0.1, -0.05) is 42.5 Å². The maximum absolute atomic E-state index is 11.3. The second-order valence-corrected chi connectivity index (χ2v) is 4.43. The van der Waals surface area contributed by atoms with Gasteiger partial charge < -0.3 is 10.4 Å². The van der Waals surface area contributed by atoms with Crippen LogP contribution in [0, 0.1) is 0 Å². The predicted molar refractivity (Wildman–Crippen MR) is 67.7 cm³/mol. The van der Waals surface area contributed by atoms with Crippen LogP contribution in [0.25, 0.3) is 6.08 Å². The Morgan fingerprint density at radius 2 is 2.18 bits per heavy atom. The molecule has 0 spiro atoms. The minimum absolute atomic E-state index is 0.539. The molecule has 0 unspecified atom stereocenters. The van der Waals surface area contributed by atoms with Crippen LogP contribution in [-0.2, 0) is 4.79 Å². The molecule has 2 rings (SSSR count). The van der Waals surface area contributed by atoms with Gasteiger partial charge in [-0.15, -0.1) is 0 Å². The van der Waals surface area contributed by atoms with Gasteiger partial charge in [-0.3, -0.25) is 4.79 Å². The molecule has 1 aromatic rings. The van der Waals surface area contributed by atoms with Crippen molar-refractivity contribution in [2.45, 2.75) is 24.8 Å². The molecular weight excluding hydrogens is 214 g/mol. The highest BCUT2D eigenvalue weighted by molar-refractivity contribution is 5.79. The second-order valence-electron chi connectivity index (χ2n) is 4.43. The second kappa shape index (κ2) is 5.15. The molecule has 2 N–H and O–H groups in total. The van der Waals surface area contributed by atoms with E-state index < -0.39 is 11.5 Å². The highest BCUT2D eigenvalue weighted by Gasteiger charge is 2.39. The first kappa shape index (κ1) is 11.9. The van der Waals surface area contributed by atoms with Gasteiger partial charge in [0.05, 0.1) is 0 Å². The number of rotatable bonds is 4. The van der Waals surface area contributed by atoms with E-state index in [2.05, 4.69) is 5.32 Å². The van der Waals surface area contributed by atoms with Crippen molar-refractivity contribution in [3.05, 3.63) is 42.0 Å². The van der Waals surface area contributed by atoms with Crippen LogP contribution in [0.15, 0.2) is 36.4 Å². The van der Waals surface area contributed by atoms with Crippen LogP contribution in [0.3, 0.4) is 0 Å². The molecule has 1 aliphatic heterocycles. The smallest absolute Gasteiger partial charge is 0.324 e. The normalized spacial score (nSPS) is 24.2. The molecule has 90 valence electrons. The van der Waals surface area contributed by atoms with Gasteiger partial charge in [-0.2, -0.15) is 0 Å². The fraction of sp³-hybridized carbons (Fsp3) is 0.357. The summed E-state index contributed by atoms with van der Waals surface area (Å²) in [5.74, 6) is -0.743. The molecule has 0 aliphatic carbocycles. The molecule has 1 atom stereocenters. The first-order valence-corrected chi connectivity index (χ1v) is 5.93. The van der Waals surface area contributed by atoms with Crippen molar-refractivity contribution in [2.75, 3.05) is 6.54 Å². The number of aliphatic carboxylic acids is 1. The van der Waals surface area contributed by atoms with E-state index in [4.69, 9.17) is 0 Å². The van der Waals surface area contributed by atoms with Gasteiger partial charge in [-0.25, -0.2) is 0 Å². The summed E-state index contributed by atoms with van der Waals surface area (Å²) in [6, 6.07) is 9.92. The zero-order valence-electron chi connectivity index (χ0n) is 9.73. The molecule has 0 aromatic heterocycles. The van der Waals surface area contributed by atoms with E-state index in [1.807, 2.05) is 42.5 Å². The minimum atomic E-state index is -0.745. The topological polar surface area (TPSA) is 49.3 Å². The summed E-state index contributed by atoms with van der Waals surface area (Å²) in [5.41, 5.74) is 0.358. The molecule has 3 heteroatoms. The Bertz CT molecular complexity index is 405. The van der Waals surface area contributed by atoms with Crippen molar-refractivity contribution in [1.29, 1.82) is 0 Å². The molecule has 1 fully saturated rings. The van der Waals surface area contributed by atoms with E-state index in [0.29, 0.717) is 12.8 Å². The molecule has 1 saturated heterocycles. The Hall–Kier alpha value is -1.61. The van der Waals surface area contributed by atoms with E-state index in [-0.39, 0.29) is 0 Å². The standard InChI is InChI=1S/C14H17NO2/c16-13(17)14(10-5-11-15-14)9-4-8-12-6-2-1-3-7-12/h1-4,6-8,15H,5,9-11H2,(H,16,17)/t14-/m0/s1. The van der Waals surface area contributed by atoms with Gasteiger partial charge >= 0.3 is 5.97 Å². The van der Waals surface area contributed by atoms with Crippen molar-refractivity contribution < 1.29 is 9.90 Å². The minimum Gasteiger partial charge on any atom is -0.480 e. The number of carbonyl (C=O) groups is 1. The Balaban J connectivity index is 2.01. The molecule has 0 bridgehead atoms. The molecule has 1 aliphatic rings. The van der Waals surface area contributed by atoms with Crippen molar-refractivity contribution in [1.82, 2.24) is 5.32 Å². The summed E-state index contributed by atoms with van der Waals surface area (Å²) in [6.45, 7) is 0.797. The largest absolute Gasteiger partial charge is 0.480 e. The van der Waals surface area contributed by atoms with Crippen LogP contribution in [-0.4, -0.2) is 23.2 Å². The SMILES string of the molecule is O=C(O)[C@]1(CC=Cc2ccccc2)CCCN1. The van der Waals surface area contributed by atoms with Crippen LogP contribution in [0.5, 0.6) is 0 Å². The zero-order valence-corrected chi connectivity index (χ0v) is 9.73. The third kappa shape index (κ3) is 2.74. The third-order valence-corrected chi connectivity index (χ3v) is 3.23. The fourth-order valence-electron chi connectivity index (χ4n) is 2.21. The maximum atomic E-state index is 11.3. The average Bonchev–Trinajstić information content (AvgIpc) is 2.80. The van der Waals surface area contributed by atoms with E-state index in [1.54, 1.807) is 0 Å². The molecule has 0 saturated carbocycles. The average molecular weight is 231 g/mol. The predicted octanol–water partition coefficient (Wildman–Crippen LogP) is 2.30. The summed E-state index contributed by atoms with van der Waals surface area (Å²) in [7, 11) is 0. The summed E-state index contributed by atoms with van der Waals surface area (Å²) >= 11 is 0. The molecule has 0 amide bonds. The first-order chi connectivity index (χ1) is 8.23. The van der Waals surface area contributed by atoms with Crippen LogP contribution >= 0.6 is 0 Å². The van der Waals surface area contributed by atoms with Crippen LogP contribution < -0.4 is 5.32 Å². The molecule has 1 aromatic carbocycles.